The van der Waals surface area contributed by atoms with Gasteiger partial charge >= 0.3 is 12.1 Å². The molecule has 0 amide bonds. The highest BCUT2D eigenvalue weighted by Gasteiger charge is 2.29. The highest BCUT2D eigenvalue weighted by Crippen LogP contribution is 2.20. The van der Waals surface area contributed by atoms with Crippen LogP contribution >= 0.6 is 0 Å². The number of nitrogens with zero attached hydrogens (tertiary/aromatic N) is 1. The van der Waals surface area contributed by atoms with E-state index in [1.165, 1.54) is 0 Å². The van der Waals surface area contributed by atoms with Crippen molar-refractivity contribution in [1.82, 2.24) is 0 Å². The van der Waals surface area contributed by atoms with Gasteiger partial charge in [-0.1, -0.05) is 0 Å². The van der Waals surface area contributed by atoms with Crippen LogP contribution in [0.2, 0.25) is 0 Å². The van der Waals surface area contributed by atoms with Crippen LogP contribution in [0.4, 0.5) is 13.2 Å². The third-order valence-corrected chi connectivity index (χ3v) is 1.90. The van der Waals surface area contributed by atoms with Crippen LogP contribution in [0.5, 0.6) is 0 Å². The van der Waals surface area contributed by atoms with Gasteiger partial charge in [-0.15, -0.1) is 0 Å². The minimum Gasteiger partial charge on any atom is -0.611 e. The summed E-state index contributed by atoms with van der Waals surface area (Å²) in [7, 11) is 0. The molecule has 11 heavy (non-hydrogen) atoms. The van der Waals surface area contributed by atoms with E-state index in [9.17, 15) is 17.7 Å². The Labute approximate surface area is 65.4 Å². The van der Waals surface area contributed by atoms with Crippen LogP contribution in [0.25, 0.3) is 4.85 Å². The number of halogens is 3. The molecule has 0 radical (unpaired) electrons. The van der Waals surface area contributed by atoms with Crippen molar-refractivity contribution in [2.45, 2.75) is 12.6 Å². The second-order valence-corrected chi connectivity index (χ2v) is 3.34. The lowest BCUT2D eigenvalue weighted by molar-refractivity contribution is -0.129. The van der Waals surface area contributed by atoms with Gasteiger partial charge in [0.2, 0.25) is 0 Å². The minimum atomic E-state index is -4.27. The van der Waals surface area contributed by atoms with Gasteiger partial charge in [-0.2, -0.15) is 13.2 Å². The van der Waals surface area contributed by atoms with Crippen molar-refractivity contribution in [3.05, 3.63) is 11.4 Å². The second kappa shape index (κ2) is 4.46. The van der Waals surface area contributed by atoms with Gasteiger partial charge in [-0.3, -0.25) is 4.85 Å². The molecule has 0 saturated heterocycles. The van der Waals surface area contributed by atoms with Gasteiger partial charge in [0.05, 0.1) is 6.42 Å². The molecule has 0 bridgehead atoms. The molecule has 64 valence electrons. The Balaban J connectivity index is 3.48. The van der Waals surface area contributed by atoms with E-state index in [0.717, 1.165) is 0 Å². The number of rotatable bonds is 3. The lowest BCUT2D eigenvalue weighted by Gasteiger charge is -2.06. The molecule has 0 aliphatic rings. The molecule has 6 heteroatoms. The summed E-state index contributed by atoms with van der Waals surface area (Å²) in [6, 6.07) is 0. The van der Waals surface area contributed by atoms with Gasteiger partial charge in [0.15, 0.2) is 0 Å². The van der Waals surface area contributed by atoms with Crippen LogP contribution in [0.3, 0.4) is 0 Å². The SMILES string of the molecule is [C-]#[N+]C[S+]([O-])CCC(F)(F)F. The third kappa shape index (κ3) is 7.49. The number of alkyl halides is 3. The summed E-state index contributed by atoms with van der Waals surface area (Å²) in [5.41, 5.74) is 0. The van der Waals surface area contributed by atoms with Crippen molar-refractivity contribution in [2.75, 3.05) is 11.6 Å². The molecule has 0 aromatic rings. The molecule has 0 spiro atoms. The molecule has 0 rings (SSSR count). The van der Waals surface area contributed by atoms with Crippen LogP contribution in [0.1, 0.15) is 6.42 Å². The fraction of sp³-hybridized carbons (Fsp3) is 0.800. The molecular weight excluding hydrogens is 179 g/mol. The predicted octanol–water partition coefficient (Wildman–Crippen LogP) is 1.56. The largest absolute Gasteiger partial charge is 0.611 e. The molecule has 1 atom stereocenters. The van der Waals surface area contributed by atoms with Gasteiger partial charge in [0.1, 0.15) is 5.75 Å². The first-order valence-corrected chi connectivity index (χ1v) is 4.19. The predicted molar refractivity (Wildman–Crippen MR) is 35.2 cm³/mol. The maximum absolute atomic E-state index is 11.4. The van der Waals surface area contributed by atoms with Crippen molar-refractivity contribution in [2.24, 2.45) is 0 Å². The maximum Gasteiger partial charge on any atom is 0.393 e. The number of hydrogen-bond acceptors (Lipinski definition) is 1. The van der Waals surface area contributed by atoms with Gasteiger partial charge in [0.25, 0.3) is 0 Å². The van der Waals surface area contributed by atoms with E-state index < -0.39 is 29.5 Å². The molecule has 1 unspecified atom stereocenters. The van der Waals surface area contributed by atoms with E-state index in [1.807, 2.05) is 0 Å². The highest BCUT2D eigenvalue weighted by molar-refractivity contribution is 7.91. The molecule has 0 aromatic heterocycles. The Hall–Kier alpha value is -0.410. The first-order chi connectivity index (χ1) is 4.95. The first-order valence-electron chi connectivity index (χ1n) is 2.70. The van der Waals surface area contributed by atoms with Crippen LogP contribution in [-0.4, -0.2) is 22.4 Å². The topological polar surface area (TPSA) is 27.4 Å². The van der Waals surface area contributed by atoms with Gasteiger partial charge in [-0.05, 0) is 0 Å². The smallest absolute Gasteiger partial charge is 0.393 e. The Kier molecular flexibility index (Phi) is 4.30. The Bertz CT molecular complexity index is 153. The molecular formula is C5H6F3NOS. The average Bonchev–Trinajstić information content (AvgIpc) is 1.83. The zero-order chi connectivity index (χ0) is 8.91. The Morgan fingerprint density at radius 1 is 1.45 bits per heavy atom. The van der Waals surface area contributed by atoms with Gasteiger partial charge in [0, 0.05) is 11.2 Å². The summed E-state index contributed by atoms with van der Waals surface area (Å²) in [5, 5.41) is 0. The van der Waals surface area contributed by atoms with E-state index >= 15 is 0 Å². The Morgan fingerprint density at radius 2 is 2.00 bits per heavy atom. The van der Waals surface area contributed by atoms with Crippen molar-refractivity contribution >= 4 is 11.2 Å². The molecule has 0 aliphatic heterocycles. The van der Waals surface area contributed by atoms with Crippen LogP contribution < -0.4 is 0 Å². The molecule has 0 saturated carbocycles. The summed E-state index contributed by atoms with van der Waals surface area (Å²) >= 11 is -1.64. The average molecular weight is 185 g/mol. The summed E-state index contributed by atoms with van der Waals surface area (Å²) in [4.78, 5) is 2.72. The third-order valence-electron chi connectivity index (χ3n) is 0.822. The molecule has 0 heterocycles. The lowest BCUT2D eigenvalue weighted by atomic mass is 10.5. The van der Waals surface area contributed by atoms with E-state index in [2.05, 4.69) is 4.85 Å². The highest BCUT2D eigenvalue weighted by atomic mass is 32.2. The van der Waals surface area contributed by atoms with E-state index in [1.54, 1.807) is 0 Å². The van der Waals surface area contributed by atoms with Gasteiger partial charge in [-0.25, -0.2) is 6.57 Å². The first kappa shape index (κ1) is 10.6. The normalized spacial score (nSPS) is 14.1. The van der Waals surface area contributed by atoms with Crippen molar-refractivity contribution in [1.29, 1.82) is 0 Å². The van der Waals surface area contributed by atoms with Crippen LogP contribution in [-0.2, 0) is 11.2 Å². The molecule has 2 nitrogen and oxygen atoms in total. The summed E-state index contributed by atoms with van der Waals surface area (Å²) in [6.45, 7) is 6.22. The Morgan fingerprint density at radius 3 is 2.36 bits per heavy atom. The van der Waals surface area contributed by atoms with Gasteiger partial charge < -0.3 is 4.55 Å². The molecule has 0 aliphatic carbocycles. The maximum atomic E-state index is 11.4. The summed E-state index contributed by atoms with van der Waals surface area (Å²) in [5.74, 6) is -0.804. The van der Waals surface area contributed by atoms with Crippen LogP contribution in [0, 0.1) is 6.57 Å². The fourth-order valence-electron chi connectivity index (χ4n) is 0.366. The molecule has 0 N–H and O–H groups in total. The summed E-state index contributed by atoms with van der Waals surface area (Å²) < 4.78 is 44.8. The standard InChI is InChI=1S/C5H6F3NOS/c1-9-4-11(10)3-2-5(6,7)8/h2-4H2. The zero-order valence-electron chi connectivity index (χ0n) is 5.52. The van der Waals surface area contributed by atoms with Crippen molar-refractivity contribution in [3.63, 3.8) is 0 Å². The lowest BCUT2D eigenvalue weighted by Crippen LogP contribution is -2.17. The zero-order valence-corrected chi connectivity index (χ0v) is 6.34. The van der Waals surface area contributed by atoms with E-state index in [-0.39, 0.29) is 5.88 Å². The molecule has 0 fully saturated rings. The van der Waals surface area contributed by atoms with Crippen molar-refractivity contribution in [3.8, 4) is 0 Å². The van der Waals surface area contributed by atoms with Crippen LogP contribution in [0.15, 0.2) is 0 Å². The second-order valence-electron chi connectivity index (χ2n) is 1.80. The molecule has 0 aromatic carbocycles. The number of hydrogen-bond donors (Lipinski definition) is 0. The van der Waals surface area contributed by atoms with Crippen molar-refractivity contribution < 1.29 is 17.7 Å². The van der Waals surface area contributed by atoms with E-state index in [4.69, 9.17) is 6.57 Å². The quantitative estimate of drug-likeness (QED) is 0.484. The fourth-order valence-corrected chi connectivity index (χ4v) is 1.10. The van der Waals surface area contributed by atoms with E-state index in [0.29, 0.717) is 0 Å². The monoisotopic (exact) mass is 185 g/mol. The minimum absolute atomic E-state index is 0.337. The summed E-state index contributed by atoms with van der Waals surface area (Å²) in [6.07, 6.45) is -5.34.